The van der Waals surface area contributed by atoms with E-state index in [0.29, 0.717) is 28.1 Å². The van der Waals surface area contributed by atoms with Crippen molar-refractivity contribution in [2.45, 2.75) is 71.7 Å². The highest BCUT2D eigenvalue weighted by Gasteiger charge is 2.23. The molecule has 2 heterocycles. The first-order valence-electron chi connectivity index (χ1n) is 11.8. The van der Waals surface area contributed by atoms with Crippen LogP contribution in [-0.2, 0) is 21.5 Å². The normalized spacial score (nSPS) is 12.3. The Morgan fingerprint density at radius 2 is 1.83 bits per heavy atom. The molecule has 3 aromatic rings. The zero-order valence-electron chi connectivity index (χ0n) is 22.1. The molecule has 0 aliphatic heterocycles. The maximum absolute atomic E-state index is 12.7. The fraction of sp³-hybridized carbons (Fsp3) is 0.462. The Labute approximate surface area is 220 Å². The molecule has 0 radical (unpaired) electrons. The number of esters is 1. The van der Waals surface area contributed by atoms with Gasteiger partial charge in [-0.15, -0.1) is 21.5 Å². The van der Waals surface area contributed by atoms with Crippen LogP contribution in [0.15, 0.2) is 29.4 Å². The number of carbonyl (C=O) groups excluding carboxylic acids is 2. The zero-order valence-corrected chi connectivity index (χ0v) is 23.7. The van der Waals surface area contributed by atoms with Crippen LogP contribution >= 0.6 is 23.1 Å². The van der Waals surface area contributed by atoms with Gasteiger partial charge in [-0.2, -0.15) is 0 Å². The molecule has 1 amide bonds. The van der Waals surface area contributed by atoms with Crippen molar-refractivity contribution in [3.05, 3.63) is 51.7 Å². The van der Waals surface area contributed by atoms with Crippen LogP contribution in [0.4, 0.5) is 5.00 Å². The quantitative estimate of drug-likeness (QED) is 0.270. The summed E-state index contributed by atoms with van der Waals surface area (Å²) in [5, 5.41) is 12.6. The predicted molar refractivity (Wildman–Crippen MR) is 144 cm³/mol. The number of aryl methyl sites for hydroxylation is 1. The molecule has 1 atom stereocenters. The summed E-state index contributed by atoms with van der Waals surface area (Å²) in [7, 11) is 1.33. The van der Waals surface area contributed by atoms with Crippen molar-refractivity contribution >= 4 is 40.0 Å². The number of ether oxygens (including phenoxy) is 2. The predicted octanol–water partition coefficient (Wildman–Crippen LogP) is 5.93. The number of nitrogens with one attached hydrogen (secondary N) is 1. The number of hydrogen-bond acceptors (Lipinski definition) is 8. The minimum atomic E-state index is -0.461. The molecule has 0 fully saturated rings. The number of amides is 1. The molecule has 0 spiro atoms. The van der Waals surface area contributed by atoms with Crippen LogP contribution in [0, 0.1) is 13.8 Å². The lowest BCUT2D eigenvalue weighted by Gasteiger charge is -2.20. The van der Waals surface area contributed by atoms with E-state index in [9.17, 15) is 9.59 Å². The Balaban J connectivity index is 1.66. The van der Waals surface area contributed by atoms with Crippen LogP contribution in [0.25, 0.3) is 0 Å². The highest BCUT2D eigenvalue weighted by atomic mass is 32.2. The van der Waals surface area contributed by atoms with E-state index < -0.39 is 5.97 Å². The Hall–Kier alpha value is -2.85. The molecule has 0 bridgehead atoms. The van der Waals surface area contributed by atoms with Crippen LogP contribution < -0.4 is 10.1 Å². The summed E-state index contributed by atoms with van der Waals surface area (Å²) < 4.78 is 13.0. The molecule has 10 heteroatoms. The summed E-state index contributed by atoms with van der Waals surface area (Å²) in [6, 6.07) is 8.10. The van der Waals surface area contributed by atoms with Gasteiger partial charge in [0.25, 0.3) is 0 Å². The van der Waals surface area contributed by atoms with Crippen molar-refractivity contribution in [3.63, 3.8) is 0 Å². The summed E-state index contributed by atoms with van der Waals surface area (Å²) in [6.45, 7) is 14.9. The number of carbonyl (C=O) groups is 2. The molecule has 0 saturated heterocycles. The monoisotopic (exact) mass is 530 g/mol. The molecule has 1 unspecified atom stereocenters. The number of anilines is 1. The minimum absolute atomic E-state index is 0.0764. The van der Waals surface area contributed by atoms with Gasteiger partial charge in [-0.05, 0) is 56.4 Å². The number of thiophene rings is 1. The average molecular weight is 531 g/mol. The fourth-order valence-corrected chi connectivity index (χ4v) is 5.52. The Bertz CT molecular complexity index is 1230. The van der Waals surface area contributed by atoms with Crippen molar-refractivity contribution in [2.75, 3.05) is 18.2 Å². The minimum Gasteiger partial charge on any atom is -0.483 e. The Morgan fingerprint density at radius 3 is 2.42 bits per heavy atom. The second-order valence-electron chi connectivity index (χ2n) is 9.44. The standard InChI is InChI=1S/C26H34N4O4S2/c1-9-30-22(16(3)34-19-12-10-18(11-13-19)26(5,6)7)28-29-25(30)35-14-20(31)27-23-21(24(32)33-8)15(2)17(4)36-23/h10-13,16H,9,14H2,1-8H3,(H,27,31). The van der Waals surface area contributed by atoms with Crippen LogP contribution in [0.2, 0.25) is 0 Å². The summed E-state index contributed by atoms with van der Waals surface area (Å²) >= 11 is 2.65. The SMILES string of the molecule is CCn1c(SCC(=O)Nc2sc(C)c(C)c2C(=O)OC)nnc1C(C)Oc1ccc(C(C)(C)C)cc1. The van der Waals surface area contributed by atoms with E-state index in [4.69, 9.17) is 9.47 Å². The lowest BCUT2D eigenvalue weighted by atomic mass is 9.87. The number of methoxy groups -OCH3 is 1. The molecular weight excluding hydrogens is 496 g/mol. The van der Waals surface area contributed by atoms with E-state index in [0.717, 1.165) is 16.2 Å². The van der Waals surface area contributed by atoms with Gasteiger partial charge in [-0.25, -0.2) is 4.79 Å². The molecule has 194 valence electrons. The van der Waals surface area contributed by atoms with E-state index in [1.165, 1.54) is 35.8 Å². The first-order valence-corrected chi connectivity index (χ1v) is 13.6. The molecule has 1 aromatic carbocycles. The molecule has 8 nitrogen and oxygen atoms in total. The smallest absolute Gasteiger partial charge is 0.341 e. The Morgan fingerprint density at radius 1 is 1.17 bits per heavy atom. The molecule has 0 saturated carbocycles. The van der Waals surface area contributed by atoms with E-state index in [-0.39, 0.29) is 23.2 Å². The van der Waals surface area contributed by atoms with Gasteiger partial charge in [0.2, 0.25) is 5.91 Å². The molecular formula is C26H34N4O4S2. The average Bonchev–Trinajstić information content (AvgIpc) is 3.36. The van der Waals surface area contributed by atoms with Gasteiger partial charge in [-0.3, -0.25) is 4.79 Å². The van der Waals surface area contributed by atoms with Crippen LogP contribution in [-0.4, -0.2) is 39.5 Å². The number of hydrogen-bond donors (Lipinski definition) is 1. The van der Waals surface area contributed by atoms with E-state index in [1.807, 2.05) is 44.4 Å². The van der Waals surface area contributed by atoms with Gasteiger partial charge in [0.15, 0.2) is 17.1 Å². The largest absolute Gasteiger partial charge is 0.483 e. The van der Waals surface area contributed by atoms with Crippen molar-refractivity contribution in [3.8, 4) is 5.75 Å². The fourth-order valence-electron chi connectivity index (χ4n) is 3.65. The number of nitrogens with zero attached hydrogens (tertiary/aromatic N) is 3. The molecule has 36 heavy (non-hydrogen) atoms. The summed E-state index contributed by atoms with van der Waals surface area (Å²) in [5.41, 5.74) is 2.53. The van der Waals surface area contributed by atoms with Crippen molar-refractivity contribution in [1.82, 2.24) is 14.8 Å². The van der Waals surface area contributed by atoms with Gasteiger partial charge in [-0.1, -0.05) is 44.7 Å². The van der Waals surface area contributed by atoms with Gasteiger partial charge in [0, 0.05) is 11.4 Å². The highest BCUT2D eigenvalue weighted by Crippen LogP contribution is 2.33. The topological polar surface area (TPSA) is 95.3 Å². The maximum Gasteiger partial charge on any atom is 0.341 e. The maximum atomic E-state index is 12.7. The third-order valence-corrected chi connectivity index (χ3v) is 7.91. The van der Waals surface area contributed by atoms with Crippen LogP contribution in [0.3, 0.4) is 0 Å². The number of rotatable bonds is 9. The van der Waals surface area contributed by atoms with Gasteiger partial charge < -0.3 is 19.4 Å². The summed E-state index contributed by atoms with van der Waals surface area (Å²) in [6.07, 6.45) is -0.319. The van der Waals surface area contributed by atoms with E-state index in [2.05, 4.69) is 48.4 Å². The van der Waals surface area contributed by atoms with Gasteiger partial charge >= 0.3 is 5.97 Å². The second-order valence-corrected chi connectivity index (χ2v) is 11.6. The van der Waals surface area contributed by atoms with Crippen molar-refractivity contribution in [2.24, 2.45) is 0 Å². The molecule has 1 N–H and O–H groups in total. The third kappa shape index (κ3) is 6.28. The number of aromatic nitrogens is 3. The van der Waals surface area contributed by atoms with Gasteiger partial charge in [0.05, 0.1) is 18.4 Å². The Kier molecular flexibility index (Phi) is 8.84. The third-order valence-electron chi connectivity index (χ3n) is 5.82. The van der Waals surface area contributed by atoms with Crippen LogP contribution in [0.5, 0.6) is 5.75 Å². The van der Waals surface area contributed by atoms with Crippen molar-refractivity contribution in [1.29, 1.82) is 0 Å². The summed E-state index contributed by atoms with van der Waals surface area (Å²) in [5.74, 6) is 0.882. The van der Waals surface area contributed by atoms with Crippen LogP contribution in [0.1, 0.15) is 72.9 Å². The lowest BCUT2D eigenvalue weighted by Crippen LogP contribution is -2.17. The number of thioether (sulfide) groups is 1. The molecule has 3 rings (SSSR count). The molecule has 2 aromatic heterocycles. The molecule has 0 aliphatic rings. The summed E-state index contributed by atoms with van der Waals surface area (Å²) in [4.78, 5) is 25.8. The molecule has 0 aliphatic carbocycles. The first kappa shape index (κ1) is 27.7. The number of benzene rings is 1. The zero-order chi connectivity index (χ0) is 26.6. The van der Waals surface area contributed by atoms with E-state index >= 15 is 0 Å². The van der Waals surface area contributed by atoms with E-state index in [1.54, 1.807) is 0 Å². The van der Waals surface area contributed by atoms with Crippen molar-refractivity contribution < 1.29 is 19.1 Å². The first-order chi connectivity index (χ1) is 17.0. The second kappa shape index (κ2) is 11.5. The highest BCUT2D eigenvalue weighted by molar-refractivity contribution is 7.99. The lowest BCUT2D eigenvalue weighted by molar-refractivity contribution is -0.113. The van der Waals surface area contributed by atoms with Gasteiger partial charge in [0.1, 0.15) is 10.8 Å².